The summed E-state index contributed by atoms with van der Waals surface area (Å²) in [5.74, 6) is 1.55. The maximum atomic E-state index is 11.7. The molecule has 0 radical (unpaired) electrons. The average Bonchev–Trinajstić information content (AvgIpc) is 2.98. The van der Waals surface area contributed by atoms with Gasteiger partial charge in [0.1, 0.15) is 23.6 Å². The van der Waals surface area contributed by atoms with Gasteiger partial charge in [-0.2, -0.15) is 0 Å². The van der Waals surface area contributed by atoms with Crippen LogP contribution in [0.5, 0.6) is 0 Å². The van der Waals surface area contributed by atoms with E-state index < -0.39 is 5.97 Å². The number of aryl methyl sites for hydroxylation is 1. The molecule has 1 aliphatic rings. The first-order valence-corrected chi connectivity index (χ1v) is 9.22. The third-order valence-electron chi connectivity index (χ3n) is 4.99. The highest BCUT2D eigenvalue weighted by atomic mass is 16.5. The summed E-state index contributed by atoms with van der Waals surface area (Å²) in [5, 5.41) is 6.71. The van der Waals surface area contributed by atoms with Gasteiger partial charge in [0.2, 0.25) is 0 Å². The number of carbonyl (C=O) groups is 1. The minimum atomic E-state index is -0.392. The number of carbonyl (C=O) groups excluding carboxylic acids is 1. The van der Waals surface area contributed by atoms with Crippen molar-refractivity contribution in [2.75, 3.05) is 33.9 Å². The van der Waals surface area contributed by atoms with Gasteiger partial charge in [-0.05, 0) is 44.6 Å². The van der Waals surface area contributed by atoms with Gasteiger partial charge in [0, 0.05) is 26.8 Å². The Morgan fingerprint density at radius 1 is 1.35 bits per heavy atom. The van der Waals surface area contributed by atoms with E-state index in [-0.39, 0.29) is 0 Å². The number of methoxy groups -OCH3 is 2. The van der Waals surface area contributed by atoms with Crippen molar-refractivity contribution in [3.8, 4) is 0 Å². The van der Waals surface area contributed by atoms with Crippen molar-refractivity contribution in [1.82, 2.24) is 10.6 Å². The lowest BCUT2D eigenvalue weighted by molar-refractivity contribution is 0.0598. The maximum absolute atomic E-state index is 11.7. The molecule has 0 aromatic carbocycles. The monoisotopic (exact) mass is 365 g/mol. The number of hydrogen-bond donors (Lipinski definition) is 2. The van der Waals surface area contributed by atoms with Gasteiger partial charge < -0.3 is 24.5 Å². The molecular weight excluding hydrogens is 334 g/mol. The summed E-state index contributed by atoms with van der Waals surface area (Å²) in [5.41, 5.74) is 0.759. The average molecular weight is 365 g/mol. The van der Waals surface area contributed by atoms with E-state index in [9.17, 15) is 4.79 Å². The van der Waals surface area contributed by atoms with Crippen molar-refractivity contribution in [2.45, 2.75) is 46.1 Å². The fourth-order valence-electron chi connectivity index (χ4n) is 3.21. The lowest BCUT2D eigenvalue weighted by atomic mass is 9.67. The molecule has 2 N–H and O–H groups in total. The summed E-state index contributed by atoms with van der Waals surface area (Å²) in [7, 11) is 3.11. The van der Waals surface area contributed by atoms with Crippen molar-refractivity contribution < 1.29 is 18.7 Å². The molecule has 146 valence electrons. The Bertz CT molecular complexity index is 620. The van der Waals surface area contributed by atoms with Crippen LogP contribution in [-0.2, 0) is 16.0 Å². The predicted molar refractivity (Wildman–Crippen MR) is 100 cm³/mol. The van der Waals surface area contributed by atoms with Crippen LogP contribution in [-0.4, -0.2) is 45.8 Å². The van der Waals surface area contributed by atoms with Gasteiger partial charge in [0.15, 0.2) is 5.96 Å². The lowest BCUT2D eigenvalue weighted by Gasteiger charge is -2.42. The van der Waals surface area contributed by atoms with Gasteiger partial charge in [-0.15, -0.1) is 0 Å². The van der Waals surface area contributed by atoms with Crippen LogP contribution in [0.4, 0.5) is 0 Å². The fraction of sp³-hybridized carbons (Fsp3) is 0.684. The Morgan fingerprint density at radius 3 is 2.69 bits per heavy atom. The van der Waals surface area contributed by atoms with E-state index in [2.05, 4.69) is 15.6 Å². The number of rotatable bonds is 9. The first kappa shape index (κ1) is 20.3. The minimum absolute atomic E-state index is 0.311. The molecule has 0 spiro atoms. The van der Waals surface area contributed by atoms with Gasteiger partial charge in [-0.25, -0.2) is 9.79 Å². The SMILES string of the molecule is CCNC(=NCc1cc(C(=O)OC)c(C)o1)NCC1(CCOC)CCC1. The summed E-state index contributed by atoms with van der Waals surface area (Å²) in [6.07, 6.45) is 4.79. The quantitative estimate of drug-likeness (QED) is 0.398. The van der Waals surface area contributed by atoms with Crippen molar-refractivity contribution in [1.29, 1.82) is 0 Å². The van der Waals surface area contributed by atoms with Crippen LogP contribution in [0.2, 0.25) is 0 Å². The fourth-order valence-corrected chi connectivity index (χ4v) is 3.21. The summed E-state index contributed by atoms with van der Waals surface area (Å²) in [6, 6.07) is 1.69. The zero-order valence-electron chi connectivity index (χ0n) is 16.3. The Hall–Kier alpha value is -2.02. The number of ether oxygens (including phenoxy) is 2. The number of furan rings is 1. The molecule has 0 saturated heterocycles. The van der Waals surface area contributed by atoms with E-state index in [1.54, 1.807) is 20.1 Å². The number of aliphatic imine (C=N–C) groups is 1. The molecule has 26 heavy (non-hydrogen) atoms. The van der Waals surface area contributed by atoms with Gasteiger partial charge >= 0.3 is 5.97 Å². The summed E-state index contributed by atoms with van der Waals surface area (Å²) >= 11 is 0. The topological polar surface area (TPSA) is 85.1 Å². The zero-order valence-corrected chi connectivity index (χ0v) is 16.3. The summed E-state index contributed by atoms with van der Waals surface area (Å²) in [4.78, 5) is 16.3. The summed E-state index contributed by atoms with van der Waals surface area (Å²) < 4.78 is 15.6. The smallest absolute Gasteiger partial charge is 0.341 e. The molecular formula is C19H31N3O4. The maximum Gasteiger partial charge on any atom is 0.341 e. The standard InChI is InChI=1S/C19H31N3O4/c1-5-20-18(22-13-19(7-6-8-19)9-10-24-3)21-12-15-11-16(14(2)26-15)17(23)25-4/h11H,5-10,12-13H2,1-4H3,(H2,20,21,22). The second kappa shape index (κ2) is 9.62. The molecule has 1 fully saturated rings. The molecule has 7 heteroatoms. The molecule has 1 saturated carbocycles. The van der Waals surface area contributed by atoms with Crippen LogP contribution in [0, 0.1) is 12.3 Å². The number of nitrogens with zero attached hydrogens (tertiary/aromatic N) is 1. The molecule has 0 bridgehead atoms. The predicted octanol–water partition coefficient (Wildman–Crippen LogP) is 2.64. The molecule has 1 aromatic heterocycles. The zero-order chi connectivity index (χ0) is 19.0. The third-order valence-corrected chi connectivity index (χ3v) is 4.99. The Balaban J connectivity index is 1.97. The number of guanidine groups is 1. The molecule has 0 unspecified atom stereocenters. The number of hydrogen-bond acceptors (Lipinski definition) is 5. The first-order valence-electron chi connectivity index (χ1n) is 9.22. The van der Waals surface area contributed by atoms with Crippen molar-refractivity contribution >= 4 is 11.9 Å². The second-order valence-corrected chi connectivity index (χ2v) is 6.82. The number of nitrogens with one attached hydrogen (secondary N) is 2. The molecule has 0 atom stereocenters. The molecule has 1 aromatic rings. The first-order chi connectivity index (χ1) is 12.5. The van der Waals surface area contributed by atoms with Crippen LogP contribution in [0.3, 0.4) is 0 Å². The molecule has 1 heterocycles. The molecule has 0 aliphatic heterocycles. The van der Waals surface area contributed by atoms with Crippen LogP contribution in [0.15, 0.2) is 15.5 Å². The van der Waals surface area contributed by atoms with E-state index in [0.717, 1.165) is 32.1 Å². The van der Waals surface area contributed by atoms with Crippen molar-refractivity contribution in [3.63, 3.8) is 0 Å². The highest BCUT2D eigenvalue weighted by Crippen LogP contribution is 2.43. The van der Waals surface area contributed by atoms with Gasteiger partial charge in [-0.3, -0.25) is 0 Å². The van der Waals surface area contributed by atoms with Crippen LogP contribution in [0.1, 0.15) is 54.5 Å². The van der Waals surface area contributed by atoms with E-state index >= 15 is 0 Å². The van der Waals surface area contributed by atoms with Crippen LogP contribution in [0.25, 0.3) is 0 Å². The lowest BCUT2D eigenvalue weighted by Crippen LogP contribution is -2.46. The largest absolute Gasteiger partial charge is 0.465 e. The Morgan fingerprint density at radius 2 is 2.12 bits per heavy atom. The van der Waals surface area contributed by atoms with Crippen molar-refractivity contribution in [2.24, 2.45) is 10.4 Å². The van der Waals surface area contributed by atoms with E-state index in [0.29, 0.717) is 29.0 Å². The highest BCUT2D eigenvalue weighted by Gasteiger charge is 2.36. The van der Waals surface area contributed by atoms with E-state index in [4.69, 9.17) is 13.9 Å². The molecule has 1 aliphatic carbocycles. The second-order valence-electron chi connectivity index (χ2n) is 6.82. The highest BCUT2D eigenvalue weighted by molar-refractivity contribution is 5.90. The molecule has 2 rings (SSSR count). The normalized spacial score (nSPS) is 16.1. The van der Waals surface area contributed by atoms with Crippen molar-refractivity contribution in [3.05, 3.63) is 23.2 Å². The van der Waals surface area contributed by atoms with Crippen LogP contribution < -0.4 is 10.6 Å². The van der Waals surface area contributed by atoms with E-state index in [1.807, 2.05) is 6.92 Å². The Kier molecular flexibility index (Phi) is 7.50. The van der Waals surface area contributed by atoms with Gasteiger partial charge in [-0.1, -0.05) is 6.42 Å². The number of esters is 1. The Labute approximate surface area is 155 Å². The molecule has 7 nitrogen and oxygen atoms in total. The van der Waals surface area contributed by atoms with E-state index in [1.165, 1.54) is 26.4 Å². The third kappa shape index (κ3) is 5.24. The van der Waals surface area contributed by atoms with Gasteiger partial charge in [0.25, 0.3) is 0 Å². The van der Waals surface area contributed by atoms with Crippen LogP contribution >= 0.6 is 0 Å². The minimum Gasteiger partial charge on any atom is -0.465 e. The molecule has 0 amide bonds. The van der Waals surface area contributed by atoms with Gasteiger partial charge in [0.05, 0.1) is 7.11 Å². The summed E-state index contributed by atoms with van der Waals surface area (Å²) in [6.45, 7) is 6.59.